The third-order valence-electron chi connectivity index (χ3n) is 2.93. The van der Waals surface area contributed by atoms with E-state index < -0.39 is 0 Å². The van der Waals surface area contributed by atoms with Gasteiger partial charge < -0.3 is 14.2 Å². The predicted molar refractivity (Wildman–Crippen MR) is 78.0 cm³/mol. The molecule has 110 valence electrons. The summed E-state index contributed by atoms with van der Waals surface area (Å²) >= 11 is 0. The zero-order chi connectivity index (χ0) is 15.1. The summed E-state index contributed by atoms with van der Waals surface area (Å²) in [7, 11) is 3.11. The first-order valence-corrected chi connectivity index (χ1v) is 6.51. The van der Waals surface area contributed by atoms with Crippen molar-refractivity contribution in [3.05, 3.63) is 53.9 Å². The number of hydrogen-bond acceptors (Lipinski definition) is 5. The molecule has 0 bridgehead atoms. The molecule has 0 aliphatic heterocycles. The lowest BCUT2D eigenvalue weighted by atomic mass is 10.0. The molecule has 5 heteroatoms. The molecule has 2 aromatic rings. The lowest BCUT2D eigenvalue weighted by Crippen LogP contribution is -2.10. The molecular formula is C16H17NO4. The Morgan fingerprint density at radius 2 is 1.81 bits per heavy atom. The van der Waals surface area contributed by atoms with Crippen LogP contribution in [0.3, 0.4) is 0 Å². The molecule has 0 atom stereocenters. The number of aromatic nitrogens is 1. The van der Waals surface area contributed by atoms with Crippen LogP contribution in [0.2, 0.25) is 0 Å². The van der Waals surface area contributed by atoms with E-state index in [0.29, 0.717) is 35.8 Å². The fourth-order valence-electron chi connectivity index (χ4n) is 1.89. The Balaban J connectivity index is 2.30. The van der Waals surface area contributed by atoms with Crippen molar-refractivity contribution in [1.82, 2.24) is 4.98 Å². The Morgan fingerprint density at radius 3 is 2.57 bits per heavy atom. The summed E-state index contributed by atoms with van der Waals surface area (Å²) in [6, 6.07) is 8.74. The van der Waals surface area contributed by atoms with Crippen molar-refractivity contribution in [2.75, 3.05) is 27.4 Å². The number of hydrogen-bond donors (Lipinski definition) is 0. The molecule has 0 aliphatic rings. The second kappa shape index (κ2) is 7.40. The van der Waals surface area contributed by atoms with Gasteiger partial charge in [-0.25, -0.2) is 0 Å². The van der Waals surface area contributed by atoms with Gasteiger partial charge in [0.25, 0.3) is 0 Å². The van der Waals surface area contributed by atoms with Crippen LogP contribution in [0.4, 0.5) is 0 Å². The number of pyridine rings is 1. The molecule has 1 aromatic carbocycles. The molecule has 5 nitrogen and oxygen atoms in total. The van der Waals surface area contributed by atoms with Gasteiger partial charge in [-0.2, -0.15) is 0 Å². The highest BCUT2D eigenvalue weighted by Crippen LogP contribution is 2.25. The van der Waals surface area contributed by atoms with E-state index in [0.717, 1.165) is 0 Å². The Bertz CT molecular complexity index is 613. The zero-order valence-corrected chi connectivity index (χ0v) is 12.0. The largest absolute Gasteiger partial charge is 0.494 e. The second-order valence-electron chi connectivity index (χ2n) is 4.24. The van der Waals surface area contributed by atoms with Crippen LogP contribution in [0.25, 0.3) is 0 Å². The van der Waals surface area contributed by atoms with Gasteiger partial charge in [-0.3, -0.25) is 9.78 Å². The Hall–Kier alpha value is -2.40. The lowest BCUT2D eigenvalue weighted by molar-refractivity contribution is 0.102. The molecule has 0 spiro atoms. The van der Waals surface area contributed by atoms with Crippen LogP contribution in [-0.4, -0.2) is 38.2 Å². The Morgan fingerprint density at radius 1 is 1.05 bits per heavy atom. The number of ketones is 1. The van der Waals surface area contributed by atoms with E-state index in [1.54, 1.807) is 37.6 Å². The average molecular weight is 287 g/mol. The highest BCUT2D eigenvalue weighted by atomic mass is 16.5. The van der Waals surface area contributed by atoms with Crippen LogP contribution in [0.15, 0.2) is 42.7 Å². The predicted octanol–water partition coefficient (Wildman–Crippen LogP) is 2.35. The highest BCUT2D eigenvalue weighted by Gasteiger charge is 2.18. The number of ether oxygens (including phenoxy) is 3. The fourth-order valence-corrected chi connectivity index (χ4v) is 1.89. The number of nitrogens with zero attached hydrogens (tertiary/aromatic N) is 1. The van der Waals surface area contributed by atoms with Crippen LogP contribution in [0.1, 0.15) is 15.9 Å². The van der Waals surface area contributed by atoms with Crippen LogP contribution < -0.4 is 9.47 Å². The molecular weight excluding hydrogens is 270 g/mol. The molecule has 0 amide bonds. The van der Waals surface area contributed by atoms with Crippen molar-refractivity contribution >= 4 is 5.78 Å². The van der Waals surface area contributed by atoms with Gasteiger partial charge in [0.05, 0.1) is 31.0 Å². The average Bonchev–Trinajstić information content (AvgIpc) is 2.55. The van der Waals surface area contributed by atoms with E-state index in [2.05, 4.69) is 4.98 Å². The number of benzene rings is 1. The summed E-state index contributed by atoms with van der Waals surface area (Å²) in [5.74, 6) is 0.801. The monoisotopic (exact) mass is 287 g/mol. The quantitative estimate of drug-likeness (QED) is 0.578. The van der Waals surface area contributed by atoms with Gasteiger partial charge in [0.2, 0.25) is 5.78 Å². The molecule has 0 N–H and O–H groups in total. The van der Waals surface area contributed by atoms with Gasteiger partial charge in [0.1, 0.15) is 18.1 Å². The normalized spacial score (nSPS) is 10.2. The maximum Gasteiger partial charge on any atom is 0.200 e. The molecule has 0 fully saturated rings. The third-order valence-corrected chi connectivity index (χ3v) is 2.93. The van der Waals surface area contributed by atoms with Crippen molar-refractivity contribution in [3.63, 3.8) is 0 Å². The minimum atomic E-state index is -0.165. The van der Waals surface area contributed by atoms with Crippen LogP contribution in [0.5, 0.6) is 11.5 Å². The fraction of sp³-hybridized carbons (Fsp3) is 0.250. The molecule has 21 heavy (non-hydrogen) atoms. The maximum absolute atomic E-state index is 12.7. The third kappa shape index (κ3) is 3.58. The molecule has 2 rings (SSSR count). The van der Waals surface area contributed by atoms with E-state index >= 15 is 0 Å². The minimum Gasteiger partial charge on any atom is -0.494 e. The molecule has 1 aromatic heterocycles. The minimum absolute atomic E-state index is 0.165. The summed E-state index contributed by atoms with van der Waals surface area (Å²) in [6.07, 6.45) is 3.08. The van der Waals surface area contributed by atoms with Crippen molar-refractivity contribution in [2.45, 2.75) is 0 Å². The first-order chi connectivity index (χ1) is 10.3. The van der Waals surface area contributed by atoms with E-state index in [-0.39, 0.29) is 5.78 Å². The van der Waals surface area contributed by atoms with E-state index in [1.807, 2.05) is 6.07 Å². The van der Waals surface area contributed by atoms with E-state index in [1.165, 1.54) is 13.3 Å². The highest BCUT2D eigenvalue weighted by molar-refractivity contribution is 6.12. The number of para-hydroxylation sites is 1. The van der Waals surface area contributed by atoms with Gasteiger partial charge in [-0.15, -0.1) is 0 Å². The number of carbonyl (C=O) groups is 1. The van der Waals surface area contributed by atoms with Crippen LogP contribution >= 0.6 is 0 Å². The van der Waals surface area contributed by atoms with E-state index in [9.17, 15) is 4.79 Å². The number of carbonyl (C=O) groups excluding carboxylic acids is 1. The van der Waals surface area contributed by atoms with Gasteiger partial charge in [-0.05, 0) is 18.2 Å². The second-order valence-corrected chi connectivity index (χ2v) is 4.24. The summed E-state index contributed by atoms with van der Waals surface area (Å²) in [6.45, 7) is 0.843. The van der Waals surface area contributed by atoms with Crippen molar-refractivity contribution < 1.29 is 19.0 Å². The first-order valence-electron chi connectivity index (χ1n) is 6.51. The van der Waals surface area contributed by atoms with E-state index in [4.69, 9.17) is 14.2 Å². The summed E-state index contributed by atoms with van der Waals surface area (Å²) < 4.78 is 15.7. The van der Waals surface area contributed by atoms with Gasteiger partial charge >= 0.3 is 0 Å². The number of methoxy groups -OCH3 is 2. The topological polar surface area (TPSA) is 57.7 Å². The van der Waals surface area contributed by atoms with Gasteiger partial charge in [-0.1, -0.05) is 12.1 Å². The summed E-state index contributed by atoms with van der Waals surface area (Å²) in [5.41, 5.74) is 0.938. The SMILES string of the molecule is COCCOc1ccccc1C(=O)c1ccncc1OC. The van der Waals surface area contributed by atoms with Gasteiger partial charge in [0, 0.05) is 13.3 Å². The molecule has 0 radical (unpaired) electrons. The Kier molecular flexibility index (Phi) is 5.29. The Labute approximate surface area is 123 Å². The summed E-state index contributed by atoms with van der Waals surface area (Å²) in [4.78, 5) is 16.6. The smallest absolute Gasteiger partial charge is 0.200 e. The lowest BCUT2D eigenvalue weighted by Gasteiger charge is -2.11. The molecule has 1 heterocycles. The zero-order valence-electron chi connectivity index (χ0n) is 12.0. The molecule has 0 saturated heterocycles. The molecule has 0 unspecified atom stereocenters. The van der Waals surface area contributed by atoms with Crippen molar-refractivity contribution in [1.29, 1.82) is 0 Å². The number of rotatable bonds is 7. The van der Waals surface area contributed by atoms with Crippen LogP contribution in [-0.2, 0) is 4.74 Å². The summed E-state index contributed by atoms with van der Waals surface area (Å²) in [5, 5.41) is 0. The van der Waals surface area contributed by atoms with Gasteiger partial charge in [0.15, 0.2) is 0 Å². The standard InChI is InChI=1S/C16H17NO4/c1-19-9-10-21-14-6-4-3-5-12(14)16(18)13-7-8-17-11-15(13)20-2/h3-8,11H,9-10H2,1-2H3. The molecule has 0 saturated carbocycles. The maximum atomic E-state index is 12.7. The molecule has 0 aliphatic carbocycles. The van der Waals surface area contributed by atoms with Crippen molar-refractivity contribution in [3.8, 4) is 11.5 Å². The first kappa shape index (κ1) is 15.0. The van der Waals surface area contributed by atoms with Crippen LogP contribution in [0, 0.1) is 0 Å². The van der Waals surface area contributed by atoms with Crippen molar-refractivity contribution in [2.24, 2.45) is 0 Å².